The quantitative estimate of drug-likeness (QED) is 0.238. The number of para-hydroxylation sites is 1. The number of unbranched alkanes of at least 4 members (excludes halogenated alkanes) is 1. The molecule has 3 N–H and O–H groups in total. The fraction of sp³-hybridized carbons (Fsp3) is 0.353. The van der Waals surface area contributed by atoms with Crippen molar-refractivity contribution < 1.29 is 32.4 Å². The number of nitrogens with one attached hydrogen (secondary N) is 3. The van der Waals surface area contributed by atoms with E-state index in [1.807, 2.05) is 54.6 Å². The summed E-state index contributed by atoms with van der Waals surface area (Å²) in [6.45, 7) is 3.15. The lowest BCUT2D eigenvalue weighted by Gasteiger charge is -2.34. The molecule has 2 aliphatic heterocycles. The van der Waals surface area contributed by atoms with E-state index in [0.29, 0.717) is 24.4 Å². The van der Waals surface area contributed by atoms with Crippen LogP contribution in [0.4, 0.5) is 29.3 Å². The molecule has 45 heavy (non-hydrogen) atoms. The predicted molar refractivity (Wildman–Crippen MR) is 167 cm³/mol. The van der Waals surface area contributed by atoms with Gasteiger partial charge in [-0.3, -0.25) is 9.69 Å². The highest BCUT2D eigenvalue weighted by atomic mass is 19.4. The molecule has 0 aliphatic carbocycles. The Labute approximate surface area is 261 Å². The summed E-state index contributed by atoms with van der Waals surface area (Å²) < 4.78 is 46.4. The van der Waals surface area contributed by atoms with Gasteiger partial charge >= 0.3 is 12.2 Å². The first-order chi connectivity index (χ1) is 21.7. The normalized spacial score (nSPS) is 17.3. The van der Waals surface area contributed by atoms with Crippen LogP contribution in [0.3, 0.4) is 0 Å². The predicted octanol–water partition coefficient (Wildman–Crippen LogP) is 4.88. The van der Waals surface area contributed by atoms with Crippen LogP contribution >= 0.6 is 0 Å². The summed E-state index contributed by atoms with van der Waals surface area (Å²) in [6, 6.07) is 20.5. The van der Waals surface area contributed by atoms with Gasteiger partial charge in [0.05, 0.1) is 61.9 Å². The van der Waals surface area contributed by atoms with Crippen LogP contribution in [0, 0.1) is 0 Å². The maximum Gasteiger partial charge on any atom is 0.416 e. The van der Waals surface area contributed by atoms with Gasteiger partial charge in [0.15, 0.2) is 0 Å². The van der Waals surface area contributed by atoms with E-state index in [1.165, 1.54) is 21.9 Å². The molecule has 0 spiro atoms. The number of hydrogen-bond donors (Lipinski definition) is 3. The minimum Gasteiger partial charge on any atom is -0.493 e. The number of hydrogen-bond acceptors (Lipinski definition) is 4. The van der Waals surface area contributed by atoms with Crippen LogP contribution in [-0.2, 0) is 11.0 Å². The number of halogens is 3. The van der Waals surface area contributed by atoms with E-state index in [4.69, 9.17) is 4.74 Å². The van der Waals surface area contributed by atoms with Crippen LogP contribution in [0.1, 0.15) is 36.4 Å². The number of ether oxygens (including phenoxy) is 1. The van der Waals surface area contributed by atoms with Gasteiger partial charge in [-0.2, -0.15) is 13.2 Å². The minimum atomic E-state index is -4.57. The summed E-state index contributed by atoms with van der Waals surface area (Å²) in [6.07, 6.45) is -2.00. The van der Waals surface area contributed by atoms with E-state index in [9.17, 15) is 22.8 Å². The topological polar surface area (TPSA) is 78.3 Å². The Bertz CT molecular complexity index is 1510. The largest absolute Gasteiger partial charge is 0.493 e. The Hall–Kier alpha value is -4.51. The number of nitrogens with zero attached hydrogens (tertiary/aromatic N) is 2. The molecule has 0 saturated heterocycles. The van der Waals surface area contributed by atoms with Crippen molar-refractivity contribution in [3.05, 3.63) is 101 Å². The highest BCUT2D eigenvalue weighted by Crippen LogP contribution is 2.40. The number of rotatable bonds is 13. The van der Waals surface area contributed by atoms with E-state index in [-0.39, 0.29) is 18.1 Å². The molecule has 0 bridgehead atoms. The summed E-state index contributed by atoms with van der Waals surface area (Å²) in [5.74, 6) is 0.644. The maximum atomic E-state index is 13.9. The number of amides is 3. The molecule has 2 heterocycles. The Morgan fingerprint density at radius 3 is 2.40 bits per heavy atom. The molecule has 8 nitrogen and oxygen atoms in total. The molecule has 2 atom stereocenters. The van der Waals surface area contributed by atoms with Crippen molar-refractivity contribution in [1.29, 1.82) is 0 Å². The average molecular weight is 623 g/mol. The molecule has 238 valence electrons. The van der Waals surface area contributed by atoms with Gasteiger partial charge in [0.25, 0.3) is 5.91 Å². The zero-order valence-electron chi connectivity index (χ0n) is 25.5. The third-order valence-electron chi connectivity index (χ3n) is 8.20. The van der Waals surface area contributed by atoms with E-state index >= 15 is 0 Å². The van der Waals surface area contributed by atoms with Crippen LogP contribution in [0.2, 0.25) is 0 Å². The van der Waals surface area contributed by atoms with Crippen LogP contribution in [0.15, 0.2) is 90.1 Å². The molecule has 0 radical (unpaired) electrons. The standard InChI is InChI=1S/C34H38F3N5O3/c1-38-26-16-14-24(15-17-26)31-30-29(42(33(44)39-31)27-11-8-10-25(22-27)34(35,36)37)23-41(32(30)43)20-7-6-18-40(2)19-9-21-45-28-12-4-3-5-13-28/h3-5,8,10-17,22,31,38H,6-7,9,18-21,23H2,1-2H3,(H,39,44)/p+1. The lowest BCUT2D eigenvalue weighted by Crippen LogP contribution is -3.09. The fourth-order valence-electron chi connectivity index (χ4n) is 5.80. The van der Waals surface area contributed by atoms with Gasteiger partial charge in [-0.05, 0) is 60.9 Å². The average Bonchev–Trinajstić information content (AvgIpc) is 3.36. The van der Waals surface area contributed by atoms with Gasteiger partial charge in [0.1, 0.15) is 5.75 Å². The number of quaternary nitrogens is 1. The molecule has 2 unspecified atom stereocenters. The Kier molecular flexibility index (Phi) is 9.97. The highest BCUT2D eigenvalue weighted by Gasteiger charge is 2.45. The lowest BCUT2D eigenvalue weighted by atomic mass is 9.95. The van der Waals surface area contributed by atoms with E-state index in [0.717, 1.165) is 61.5 Å². The van der Waals surface area contributed by atoms with E-state index < -0.39 is 23.8 Å². The van der Waals surface area contributed by atoms with Crippen molar-refractivity contribution >= 4 is 23.3 Å². The molecule has 0 saturated carbocycles. The fourth-order valence-corrected chi connectivity index (χ4v) is 5.80. The first-order valence-corrected chi connectivity index (χ1v) is 15.2. The van der Waals surface area contributed by atoms with Crippen molar-refractivity contribution in [2.75, 3.05) is 57.1 Å². The second-order valence-corrected chi connectivity index (χ2v) is 11.4. The van der Waals surface area contributed by atoms with Crippen molar-refractivity contribution in [3.63, 3.8) is 0 Å². The first-order valence-electron chi connectivity index (χ1n) is 15.2. The minimum absolute atomic E-state index is 0.0647. The molecule has 11 heteroatoms. The lowest BCUT2D eigenvalue weighted by molar-refractivity contribution is -0.880. The number of carbonyl (C=O) groups excluding carboxylic acids is 2. The third-order valence-corrected chi connectivity index (χ3v) is 8.20. The number of urea groups is 1. The second-order valence-electron chi connectivity index (χ2n) is 11.4. The summed E-state index contributed by atoms with van der Waals surface area (Å²) in [5.41, 5.74) is 1.58. The Morgan fingerprint density at radius 1 is 0.956 bits per heavy atom. The van der Waals surface area contributed by atoms with Gasteiger partial charge in [-0.15, -0.1) is 0 Å². The molecule has 2 aliphatic rings. The molecule has 3 aromatic rings. The van der Waals surface area contributed by atoms with Crippen LogP contribution < -0.4 is 25.2 Å². The summed E-state index contributed by atoms with van der Waals surface area (Å²) in [5, 5.41) is 5.93. The van der Waals surface area contributed by atoms with Crippen molar-refractivity contribution in [2.24, 2.45) is 0 Å². The summed E-state index contributed by atoms with van der Waals surface area (Å²) >= 11 is 0. The summed E-state index contributed by atoms with van der Waals surface area (Å²) in [7, 11) is 3.93. The Balaban J connectivity index is 1.25. The van der Waals surface area contributed by atoms with Gasteiger partial charge in [-0.1, -0.05) is 36.4 Å². The van der Waals surface area contributed by atoms with Gasteiger partial charge in [0, 0.05) is 25.7 Å². The summed E-state index contributed by atoms with van der Waals surface area (Å²) in [4.78, 5) is 31.6. The van der Waals surface area contributed by atoms with Crippen molar-refractivity contribution in [1.82, 2.24) is 10.2 Å². The van der Waals surface area contributed by atoms with Crippen LogP contribution in [0.25, 0.3) is 0 Å². The van der Waals surface area contributed by atoms with Crippen molar-refractivity contribution in [3.8, 4) is 5.75 Å². The van der Waals surface area contributed by atoms with Crippen LogP contribution in [0.5, 0.6) is 5.75 Å². The highest BCUT2D eigenvalue weighted by molar-refractivity contribution is 6.07. The molecule has 3 amide bonds. The van der Waals surface area contributed by atoms with Crippen molar-refractivity contribution in [2.45, 2.75) is 31.5 Å². The van der Waals surface area contributed by atoms with Gasteiger partial charge in [0.2, 0.25) is 0 Å². The van der Waals surface area contributed by atoms with E-state index in [1.54, 1.807) is 11.9 Å². The number of benzene rings is 3. The van der Waals surface area contributed by atoms with E-state index in [2.05, 4.69) is 17.7 Å². The molecule has 5 rings (SSSR count). The molecular formula is C34H39F3N5O3+. The SMILES string of the molecule is CNc1ccc(C2NC(=O)N(c3cccc(C(F)(F)F)c3)C3=C2C(=O)N(CCCC[NH+](C)CCCOc2ccccc2)C3)cc1. The number of anilines is 2. The number of carbonyl (C=O) groups is 2. The second kappa shape index (κ2) is 14.1. The molecule has 0 aromatic heterocycles. The molecule has 0 fully saturated rings. The maximum absolute atomic E-state index is 13.9. The Morgan fingerprint density at radius 2 is 1.69 bits per heavy atom. The molecular weight excluding hydrogens is 583 g/mol. The first kappa shape index (κ1) is 31.9. The van der Waals surface area contributed by atoms with Crippen LogP contribution in [-0.4, -0.2) is 63.7 Å². The van der Waals surface area contributed by atoms with Gasteiger partial charge < -0.3 is 25.2 Å². The number of alkyl halides is 3. The molecule has 3 aromatic carbocycles. The zero-order valence-corrected chi connectivity index (χ0v) is 25.5. The monoisotopic (exact) mass is 622 g/mol. The van der Waals surface area contributed by atoms with Gasteiger partial charge in [-0.25, -0.2) is 4.79 Å². The smallest absolute Gasteiger partial charge is 0.416 e. The third kappa shape index (κ3) is 7.59. The zero-order chi connectivity index (χ0) is 32.0.